The molecule has 0 aliphatic heterocycles. The Morgan fingerprint density at radius 2 is 1.89 bits per heavy atom. The summed E-state index contributed by atoms with van der Waals surface area (Å²) in [6.07, 6.45) is 1.23. The number of thiophene rings is 1. The Kier molecular flexibility index (Phi) is 5.23. The van der Waals surface area contributed by atoms with Crippen LogP contribution >= 0.6 is 11.3 Å². The van der Waals surface area contributed by atoms with E-state index in [9.17, 15) is 0 Å². The van der Waals surface area contributed by atoms with Gasteiger partial charge in [-0.2, -0.15) is 0 Å². The third-order valence-corrected chi connectivity index (χ3v) is 4.42. The molecule has 0 aliphatic rings. The van der Waals surface area contributed by atoms with Crippen molar-refractivity contribution in [2.75, 3.05) is 38.1 Å². The van der Waals surface area contributed by atoms with E-state index in [1.165, 1.54) is 28.7 Å². The Balaban J connectivity index is 2.03. The number of hydrogen-bond acceptors (Lipinski definition) is 3. The normalized spacial score (nSPS) is 11.4. The number of fused-ring (bicyclic) bond motifs is 1. The van der Waals surface area contributed by atoms with Gasteiger partial charge in [0, 0.05) is 30.0 Å². The summed E-state index contributed by atoms with van der Waals surface area (Å²) < 4.78 is 1.39. The first-order valence-electron chi connectivity index (χ1n) is 7.15. The van der Waals surface area contributed by atoms with Gasteiger partial charge in [0.15, 0.2) is 0 Å². The number of anilines is 1. The average molecular weight is 276 g/mol. The lowest BCUT2D eigenvalue weighted by atomic mass is 10.2. The summed E-state index contributed by atoms with van der Waals surface area (Å²) >= 11 is 1.82. The van der Waals surface area contributed by atoms with Crippen molar-refractivity contribution in [1.82, 2.24) is 4.90 Å². The molecule has 0 spiro atoms. The van der Waals surface area contributed by atoms with Crippen LogP contribution in [0.1, 0.15) is 20.3 Å². The van der Waals surface area contributed by atoms with Crippen LogP contribution in [0.2, 0.25) is 0 Å². The smallest absolute Gasteiger partial charge is 0.0381 e. The van der Waals surface area contributed by atoms with Crippen molar-refractivity contribution in [2.45, 2.75) is 20.3 Å². The van der Waals surface area contributed by atoms with Gasteiger partial charge in [0.2, 0.25) is 0 Å². The van der Waals surface area contributed by atoms with E-state index in [4.69, 9.17) is 0 Å². The van der Waals surface area contributed by atoms with Crippen LogP contribution in [0.4, 0.5) is 5.69 Å². The van der Waals surface area contributed by atoms with Crippen LogP contribution in [0.15, 0.2) is 29.6 Å². The van der Waals surface area contributed by atoms with Gasteiger partial charge in [-0.1, -0.05) is 13.0 Å². The summed E-state index contributed by atoms with van der Waals surface area (Å²) in [6, 6.07) is 9.00. The van der Waals surface area contributed by atoms with Gasteiger partial charge in [-0.3, -0.25) is 0 Å². The predicted molar refractivity (Wildman–Crippen MR) is 87.5 cm³/mol. The third-order valence-electron chi connectivity index (χ3n) is 3.54. The van der Waals surface area contributed by atoms with E-state index in [0.717, 1.165) is 19.6 Å². The zero-order valence-corrected chi connectivity index (χ0v) is 13.0. The molecule has 0 radical (unpaired) electrons. The molecular weight excluding hydrogens is 252 g/mol. The van der Waals surface area contributed by atoms with E-state index >= 15 is 0 Å². The number of rotatable bonds is 7. The summed E-state index contributed by atoms with van der Waals surface area (Å²) in [6.45, 7) is 8.95. The largest absolute Gasteiger partial charge is 0.370 e. The molecule has 0 amide bonds. The molecule has 0 saturated heterocycles. The van der Waals surface area contributed by atoms with E-state index in [1.54, 1.807) is 0 Å². The molecule has 0 fully saturated rings. The number of benzene rings is 1. The summed E-state index contributed by atoms with van der Waals surface area (Å²) in [5, 5.41) is 3.52. The number of hydrogen-bond donors (Lipinski definition) is 0. The minimum Gasteiger partial charge on any atom is -0.370 e. The van der Waals surface area contributed by atoms with Gasteiger partial charge in [0.1, 0.15) is 0 Å². The zero-order chi connectivity index (χ0) is 13.7. The molecule has 2 rings (SSSR count). The fourth-order valence-corrected chi connectivity index (χ4v) is 3.22. The molecule has 0 saturated carbocycles. The van der Waals surface area contributed by atoms with E-state index in [-0.39, 0.29) is 0 Å². The van der Waals surface area contributed by atoms with Gasteiger partial charge in [0.05, 0.1) is 0 Å². The highest BCUT2D eigenvalue weighted by Crippen LogP contribution is 2.26. The molecule has 0 atom stereocenters. The van der Waals surface area contributed by atoms with Crippen LogP contribution in [-0.2, 0) is 0 Å². The van der Waals surface area contributed by atoms with Gasteiger partial charge < -0.3 is 9.80 Å². The second kappa shape index (κ2) is 6.92. The first kappa shape index (κ1) is 14.4. The molecule has 0 aliphatic carbocycles. The Bertz CT molecular complexity index is 506. The zero-order valence-electron chi connectivity index (χ0n) is 12.2. The topological polar surface area (TPSA) is 6.48 Å². The van der Waals surface area contributed by atoms with E-state index in [0.29, 0.717) is 0 Å². The minimum absolute atomic E-state index is 1.07. The standard InChI is InChI=1S/C16H24N2S/c1-4-9-17(3)10-11-18(5-2)15-7-6-14-8-12-19-16(14)13-15/h6-8,12-13H,4-5,9-11H2,1-3H3. The Morgan fingerprint density at radius 3 is 2.63 bits per heavy atom. The lowest BCUT2D eigenvalue weighted by molar-refractivity contribution is 0.341. The van der Waals surface area contributed by atoms with Gasteiger partial charge in [-0.25, -0.2) is 0 Å². The van der Waals surface area contributed by atoms with Crippen LogP contribution in [0, 0.1) is 0 Å². The molecule has 1 aromatic carbocycles. The third kappa shape index (κ3) is 3.71. The SMILES string of the molecule is CCCN(C)CCN(CC)c1ccc2ccsc2c1. The second-order valence-electron chi connectivity index (χ2n) is 5.03. The molecule has 0 N–H and O–H groups in total. The number of nitrogens with zero attached hydrogens (tertiary/aromatic N) is 2. The van der Waals surface area contributed by atoms with E-state index in [2.05, 4.69) is 60.3 Å². The molecule has 104 valence electrons. The summed E-state index contributed by atoms with van der Waals surface area (Å²) in [7, 11) is 2.21. The van der Waals surface area contributed by atoms with Crippen LogP contribution in [0.25, 0.3) is 10.1 Å². The minimum atomic E-state index is 1.07. The van der Waals surface area contributed by atoms with Crippen molar-refractivity contribution in [3.05, 3.63) is 29.6 Å². The lowest BCUT2D eigenvalue weighted by Crippen LogP contribution is -2.33. The first-order chi connectivity index (χ1) is 9.24. The molecule has 1 heterocycles. The number of likely N-dealkylation sites (N-methyl/N-ethyl adjacent to an activating group) is 2. The predicted octanol–water partition coefficient (Wildman–Crippen LogP) is 4.07. The highest BCUT2D eigenvalue weighted by molar-refractivity contribution is 7.17. The monoisotopic (exact) mass is 276 g/mol. The fourth-order valence-electron chi connectivity index (χ4n) is 2.39. The molecular formula is C16H24N2S. The van der Waals surface area contributed by atoms with Gasteiger partial charge in [0.25, 0.3) is 0 Å². The van der Waals surface area contributed by atoms with Crippen molar-refractivity contribution in [2.24, 2.45) is 0 Å². The maximum absolute atomic E-state index is 2.46. The van der Waals surface area contributed by atoms with Crippen molar-refractivity contribution in [3.8, 4) is 0 Å². The molecule has 3 heteroatoms. The van der Waals surface area contributed by atoms with Gasteiger partial charge in [-0.15, -0.1) is 11.3 Å². The lowest BCUT2D eigenvalue weighted by Gasteiger charge is -2.26. The Hall–Kier alpha value is -1.06. The molecule has 2 aromatic rings. The molecule has 2 nitrogen and oxygen atoms in total. The Morgan fingerprint density at radius 1 is 1.05 bits per heavy atom. The highest BCUT2D eigenvalue weighted by atomic mass is 32.1. The maximum Gasteiger partial charge on any atom is 0.0381 e. The van der Waals surface area contributed by atoms with Crippen LogP contribution in [0.5, 0.6) is 0 Å². The highest BCUT2D eigenvalue weighted by Gasteiger charge is 2.07. The van der Waals surface area contributed by atoms with E-state index in [1.807, 2.05) is 11.3 Å². The average Bonchev–Trinajstić information content (AvgIpc) is 2.87. The van der Waals surface area contributed by atoms with Crippen molar-refractivity contribution >= 4 is 27.1 Å². The van der Waals surface area contributed by atoms with Crippen LogP contribution in [-0.4, -0.2) is 38.1 Å². The quantitative estimate of drug-likeness (QED) is 0.752. The Labute approximate surface area is 120 Å². The molecule has 0 unspecified atom stereocenters. The van der Waals surface area contributed by atoms with Crippen molar-refractivity contribution < 1.29 is 0 Å². The molecule has 1 aromatic heterocycles. The summed E-state index contributed by atoms with van der Waals surface area (Å²) in [4.78, 5) is 4.87. The van der Waals surface area contributed by atoms with Crippen LogP contribution < -0.4 is 4.90 Å². The molecule has 19 heavy (non-hydrogen) atoms. The van der Waals surface area contributed by atoms with E-state index < -0.39 is 0 Å². The van der Waals surface area contributed by atoms with Crippen molar-refractivity contribution in [3.63, 3.8) is 0 Å². The van der Waals surface area contributed by atoms with Gasteiger partial charge >= 0.3 is 0 Å². The maximum atomic E-state index is 2.46. The fraction of sp³-hybridized carbons (Fsp3) is 0.500. The second-order valence-corrected chi connectivity index (χ2v) is 5.97. The van der Waals surface area contributed by atoms with Crippen LogP contribution in [0.3, 0.4) is 0 Å². The summed E-state index contributed by atoms with van der Waals surface area (Å²) in [5.74, 6) is 0. The first-order valence-corrected chi connectivity index (χ1v) is 8.03. The van der Waals surface area contributed by atoms with Gasteiger partial charge in [-0.05, 0) is 55.9 Å². The van der Waals surface area contributed by atoms with Crippen molar-refractivity contribution in [1.29, 1.82) is 0 Å². The summed E-state index contributed by atoms with van der Waals surface area (Å²) in [5.41, 5.74) is 1.35. The molecule has 0 bridgehead atoms.